The lowest BCUT2D eigenvalue weighted by Crippen LogP contribution is -2.24. The third-order valence-corrected chi connectivity index (χ3v) is 2.65. The molecule has 0 spiro atoms. The average molecular weight is 218 g/mol. The Balaban J connectivity index is 2.57. The number of aliphatic carboxylic acids is 1. The summed E-state index contributed by atoms with van der Waals surface area (Å²) in [5.41, 5.74) is 0.864. The molecule has 84 valence electrons. The van der Waals surface area contributed by atoms with Gasteiger partial charge in [-0.15, -0.1) is 0 Å². The van der Waals surface area contributed by atoms with Crippen LogP contribution in [0.1, 0.15) is 19.9 Å². The summed E-state index contributed by atoms with van der Waals surface area (Å²) in [4.78, 5) is 11.2. The molecule has 0 saturated heterocycles. The topological polar surface area (TPSA) is 55.1 Å². The fourth-order valence-corrected chi connectivity index (χ4v) is 1.89. The summed E-state index contributed by atoms with van der Waals surface area (Å²) in [6.07, 6.45) is 1.70. The van der Waals surface area contributed by atoms with Gasteiger partial charge in [-0.25, -0.2) is 4.79 Å². The first-order valence-electron chi connectivity index (χ1n) is 5.26. The Labute approximate surface area is 93.5 Å². The van der Waals surface area contributed by atoms with Crippen molar-refractivity contribution < 1.29 is 9.90 Å². The molecule has 0 bridgehead atoms. The van der Waals surface area contributed by atoms with Gasteiger partial charge in [-0.1, -0.05) is 32.0 Å². The molecule has 0 aliphatic heterocycles. The molecule has 1 aromatic heterocycles. The summed E-state index contributed by atoms with van der Waals surface area (Å²) in [5.74, 6) is -0.843. The number of carbonyl (C=O) groups is 1. The number of para-hydroxylation sites is 1. The van der Waals surface area contributed by atoms with E-state index in [2.05, 4.69) is 5.10 Å². The molecular formula is C12H14N2O2. The molecular weight excluding hydrogens is 204 g/mol. The van der Waals surface area contributed by atoms with Crippen molar-refractivity contribution in [2.24, 2.45) is 5.92 Å². The predicted molar refractivity (Wildman–Crippen MR) is 61.2 cm³/mol. The van der Waals surface area contributed by atoms with E-state index in [0.29, 0.717) is 0 Å². The fourth-order valence-electron chi connectivity index (χ4n) is 1.89. The molecule has 1 atom stereocenters. The summed E-state index contributed by atoms with van der Waals surface area (Å²) in [6, 6.07) is 7.01. The molecule has 0 saturated carbocycles. The predicted octanol–water partition coefficient (Wildman–Crippen LogP) is 2.32. The third kappa shape index (κ3) is 1.66. The molecule has 1 heterocycles. The maximum Gasteiger partial charge on any atom is 0.328 e. The minimum absolute atomic E-state index is 0.000746. The van der Waals surface area contributed by atoms with E-state index in [9.17, 15) is 9.90 Å². The number of carboxylic acids is 1. The average Bonchev–Trinajstić information content (AvgIpc) is 2.61. The lowest BCUT2D eigenvalue weighted by molar-refractivity contribution is -0.142. The number of aromatic nitrogens is 2. The van der Waals surface area contributed by atoms with E-state index in [1.807, 2.05) is 38.1 Å². The summed E-state index contributed by atoms with van der Waals surface area (Å²) in [5, 5.41) is 14.4. The monoisotopic (exact) mass is 218 g/mol. The molecule has 1 N–H and O–H groups in total. The van der Waals surface area contributed by atoms with Crippen LogP contribution in [-0.4, -0.2) is 20.9 Å². The van der Waals surface area contributed by atoms with E-state index in [-0.39, 0.29) is 5.92 Å². The van der Waals surface area contributed by atoms with E-state index in [1.54, 1.807) is 10.9 Å². The van der Waals surface area contributed by atoms with Gasteiger partial charge in [0.1, 0.15) is 0 Å². The molecule has 0 aliphatic carbocycles. The number of carboxylic acid groups (broad SMARTS) is 1. The molecule has 4 heteroatoms. The summed E-state index contributed by atoms with van der Waals surface area (Å²) < 4.78 is 1.59. The minimum Gasteiger partial charge on any atom is -0.480 e. The number of fused-ring (bicyclic) bond motifs is 1. The smallest absolute Gasteiger partial charge is 0.328 e. The zero-order chi connectivity index (χ0) is 11.7. The second-order valence-electron chi connectivity index (χ2n) is 4.18. The second-order valence-corrected chi connectivity index (χ2v) is 4.18. The molecule has 0 amide bonds. The van der Waals surface area contributed by atoms with Crippen LogP contribution in [0.2, 0.25) is 0 Å². The lowest BCUT2D eigenvalue weighted by atomic mass is 10.0. The van der Waals surface area contributed by atoms with Crippen molar-refractivity contribution in [3.05, 3.63) is 30.5 Å². The number of benzene rings is 1. The van der Waals surface area contributed by atoms with Crippen molar-refractivity contribution in [2.75, 3.05) is 0 Å². The van der Waals surface area contributed by atoms with Crippen molar-refractivity contribution in [3.63, 3.8) is 0 Å². The van der Waals surface area contributed by atoms with Crippen LogP contribution in [0.3, 0.4) is 0 Å². The highest BCUT2D eigenvalue weighted by molar-refractivity contribution is 5.81. The Bertz CT molecular complexity index is 516. The Hall–Kier alpha value is -1.84. The standard InChI is InChI=1S/C12H14N2O2/c1-8(2)11(12(15)16)14-10-6-4-3-5-9(10)7-13-14/h3-8,11H,1-2H3,(H,15,16). The van der Waals surface area contributed by atoms with Gasteiger partial charge in [-0.3, -0.25) is 4.68 Å². The van der Waals surface area contributed by atoms with Crippen LogP contribution in [0.25, 0.3) is 10.9 Å². The Morgan fingerprint density at radius 2 is 2.06 bits per heavy atom. The molecule has 0 radical (unpaired) electrons. The number of hydrogen-bond donors (Lipinski definition) is 1. The third-order valence-electron chi connectivity index (χ3n) is 2.65. The van der Waals surface area contributed by atoms with Gasteiger partial charge < -0.3 is 5.11 Å². The maximum absolute atomic E-state index is 11.2. The van der Waals surface area contributed by atoms with Gasteiger partial charge in [-0.05, 0) is 12.0 Å². The zero-order valence-electron chi connectivity index (χ0n) is 9.29. The van der Waals surface area contributed by atoms with Gasteiger partial charge >= 0.3 is 5.97 Å². The van der Waals surface area contributed by atoms with Gasteiger partial charge in [0.25, 0.3) is 0 Å². The summed E-state index contributed by atoms with van der Waals surface area (Å²) in [7, 11) is 0. The van der Waals surface area contributed by atoms with Crippen LogP contribution >= 0.6 is 0 Å². The Morgan fingerprint density at radius 3 is 2.69 bits per heavy atom. The molecule has 16 heavy (non-hydrogen) atoms. The van der Waals surface area contributed by atoms with Gasteiger partial charge in [0.2, 0.25) is 0 Å². The van der Waals surface area contributed by atoms with E-state index in [1.165, 1.54) is 0 Å². The second kappa shape index (κ2) is 3.96. The van der Waals surface area contributed by atoms with Crippen LogP contribution in [0.15, 0.2) is 30.5 Å². The molecule has 2 rings (SSSR count). The van der Waals surface area contributed by atoms with E-state index < -0.39 is 12.0 Å². The number of hydrogen-bond acceptors (Lipinski definition) is 2. The quantitative estimate of drug-likeness (QED) is 0.860. The first-order valence-corrected chi connectivity index (χ1v) is 5.26. The normalized spacial score (nSPS) is 13.2. The molecule has 2 aromatic rings. The SMILES string of the molecule is CC(C)C(C(=O)O)n1ncc2ccccc21. The van der Waals surface area contributed by atoms with Crippen molar-refractivity contribution in [1.82, 2.24) is 9.78 Å². The number of rotatable bonds is 3. The highest BCUT2D eigenvalue weighted by Gasteiger charge is 2.25. The maximum atomic E-state index is 11.2. The van der Waals surface area contributed by atoms with Gasteiger partial charge in [0.05, 0.1) is 11.7 Å². The molecule has 4 nitrogen and oxygen atoms in total. The van der Waals surface area contributed by atoms with Crippen molar-refractivity contribution >= 4 is 16.9 Å². The van der Waals surface area contributed by atoms with E-state index in [0.717, 1.165) is 10.9 Å². The van der Waals surface area contributed by atoms with Crippen LogP contribution in [0.4, 0.5) is 0 Å². The highest BCUT2D eigenvalue weighted by atomic mass is 16.4. The largest absolute Gasteiger partial charge is 0.480 e. The van der Waals surface area contributed by atoms with Crippen molar-refractivity contribution in [1.29, 1.82) is 0 Å². The minimum atomic E-state index is -0.844. The van der Waals surface area contributed by atoms with Crippen LogP contribution in [-0.2, 0) is 4.79 Å². The first-order chi connectivity index (χ1) is 7.61. The highest BCUT2D eigenvalue weighted by Crippen LogP contribution is 2.23. The Morgan fingerprint density at radius 1 is 1.38 bits per heavy atom. The van der Waals surface area contributed by atoms with Gasteiger partial charge in [0.15, 0.2) is 6.04 Å². The molecule has 1 unspecified atom stereocenters. The summed E-state index contributed by atoms with van der Waals surface area (Å²) in [6.45, 7) is 3.77. The van der Waals surface area contributed by atoms with Gasteiger partial charge in [0, 0.05) is 5.39 Å². The van der Waals surface area contributed by atoms with E-state index >= 15 is 0 Å². The van der Waals surface area contributed by atoms with Gasteiger partial charge in [-0.2, -0.15) is 5.10 Å². The summed E-state index contributed by atoms with van der Waals surface area (Å²) >= 11 is 0. The Kier molecular flexibility index (Phi) is 2.64. The first kappa shape index (κ1) is 10.7. The fraction of sp³-hybridized carbons (Fsp3) is 0.333. The zero-order valence-corrected chi connectivity index (χ0v) is 9.29. The molecule has 0 fully saturated rings. The van der Waals surface area contributed by atoms with Crippen LogP contribution in [0.5, 0.6) is 0 Å². The number of nitrogens with zero attached hydrogens (tertiary/aromatic N) is 2. The van der Waals surface area contributed by atoms with E-state index in [4.69, 9.17) is 0 Å². The van der Waals surface area contributed by atoms with Crippen molar-refractivity contribution in [3.8, 4) is 0 Å². The molecule has 0 aliphatic rings. The van der Waals surface area contributed by atoms with Crippen LogP contribution < -0.4 is 0 Å². The molecule has 1 aromatic carbocycles. The van der Waals surface area contributed by atoms with Crippen molar-refractivity contribution in [2.45, 2.75) is 19.9 Å². The van der Waals surface area contributed by atoms with Crippen LogP contribution in [0, 0.1) is 5.92 Å². The lowest BCUT2D eigenvalue weighted by Gasteiger charge is -2.17.